The number of aromatic nitrogens is 1. The molecule has 1 atom stereocenters. The molecule has 0 radical (unpaired) electrons. The largest absolute Gasteiger partial charge is 0.493 e. The van der Waals surface area contributed by atoms with Crippen molar-refractivity contribution in [2.45, 2.75) is 18.9 Å². The third kappa shape index (κ3) is 5.47. The second-order valence-electron chi connectivity index (χ2n) is 7.97. The Morgan fingerprint density at radius 3 is 2.54 bits per heavy atom. The van der Waals surface area contributed by atoms with E-state index in [0.29, 0.717) is 23.4 Å². The summed E-state index contributed by atoms with van der Waals surface area (Å²) in [6.07, 6.45) is 3.02. The molecule has 0 saturated carbocycles. The van der Waals surface area contributed by atoms with Gasteiger partial charge in [0.1, 0.15) is 6.61 Å². The molecule has 1 amide bonds. The lowest BCUT2D eigenvalue weighted by Gasteiger charge is -2.22. The van der Waals surface area contributed by atoms with E-state index in [1.807, 2.05) is 0 Å². The molecule has 2 aromatic carbocycles. The fraction of sp³-hybridized carbons (Fsp3) is 0.208. The van der Waals surface area contributed by atoms with Gasteiger partial charge in [0.25, 0.3) is 5.91 Å². The molecule has 4 rings (SSSR count). The summed E-state index contributed by atoms with van der Waals surface area (Å²) >= 11 is 12.2. The van der Waals surface area contributed by atoms with Crippen LogP contribution in [0.25, 0.3) is 0 Å². The van der Waals surface area contributed by atoms with Gasteiger partial charge >= 0.3 is 0 Å². The van der Waals surface area contributed by atoms with Crippen molar-refractivity contribution in [1.82, 2.24) is 4.98 Å². The van der Waals surface area contributed by atoms with E-state index in [0.717, 1.165) is 12.1 Å². The number of nitrogens with one attached hydrogen (secondary N) is 1. The number of carbonyl (C=O) groups excluding carboxylic acids is 1. The second kappa shape index (κ2) is 10.1. The third-order valence-electron chi connectivity index (χ3n) is 5.22. The SMILES string of the molecule is COc1ccc(C(=O)Nc2c(Cl)cncc2Cl)cc1OCC1(C)CC(c2ccc(F)c(F)c2)=NO1. The Hall–Kier alpha value is -3.43. The van der Waals surface area contributed by atoms with Crippen molar-refractivity contribution in [3.63, 3.8) is 0 Å². The molecular weight excluding hydrogens is 503 g/mol. The highest BCUT2D eigenvalue weighted by atomic mass is 35.5. The molecule has 7 nitrogen and oxygen atoms in total. The maximum absolute atomic E-state index is 13.6. The highest BCUT2D eigenvalue weighted by Crippen LogP contribution is 2.33. The summed E-state index contributed by atoms with van der Waals surface area (Å²) in [7, 11) is 1.47. The number of ether oxygens (including phenoxy) is 2. The van der Waals surface area contributed by atoms with Gasteiger partial charge in [-0.1, -0.05) is 28.4 Å². The van der Waals surface area contributed by atoms with Gasteiger partial charge in [-0.3, -0.25) is 9.78 Å². The highest BCUT2D eigenvalue weighted by molar-refractivity contribution is 6.39. The number of hydrogen-bond donors (Lipinski definition) is 1. The van der Waals surface area contributed by atoms with Crippen LogP contribution in [0.15, 0.2) is 53.9 Å². The lowest BCUT2D eigenvalue weighted by Crippen LogP contribution is -2.33. The Labute approximate surface area is 209 Å². The number of amides is 1. The first-order valence-electron chi connectivity index (χ1n) is 10.3. The summed E-state index contributed by atoms with van der Waals surface area (Å²) < 4.78 is 38.1. The van der Waals surface area contributed by atoms with Gasteiger partial charge in [0.05, 0.1) is 28.6 Å². The third-order valence-corrected chi connectivity index (χ3v) is 5.79. The minimum Gasteiger partial charge on any atom is -0.493 e. The Bertz CT molecular complexity index is 1300. The normalized spacial score (nSPS) is 16.9. The number of carbonyl (C=O) groups is 1. The van der Waals surface area contributed by atoms with Gasteiger partial charge in [0, 0.05) is 29.9 Å². The van der Waals surface area contributed by atoms with Crippen LogP contribution >= 0.6 is 23.2 Å². The van der Waals surface area contributed by atoms with Crippen molar-refractivity contribution in [2.24, 2.45) is 5.16 Å². The Balaban J connectivity index is 1.47. The Morgan fingerprint density at radius 1 is 1.11 bits per heavy atom. The number of rotatable bonds is 7. The molecule has 1 aromatic heterocycles. The number of hydrogen-bond acceptors (Lipinski definition) is 6. The van der Waals surface area contributed by atoms with Crippen molar-refractivity contribution >= 4 is 40.5 Å². The molecule has 0 bridgehead atoms. The number of methoxy groups -OCH3 is 1. The number of oxime groups is 1. The standard InChI is InChI=1S/C24H19Cl2F2N3O4/c1-24(9-19(31-35-24)13-3-5-17(27)18(28)7-13)12-34-21-8-14(4-6-20(21)33-2)23(32)30-22-15(25)10-29-11-16(22)26/h3-8,10-11H,9,12H2,1-2H3,(H,29,30,32). The van der Waals surface area contributed by atoms with Crippen LogP contribution in [0.5, 0.6) is 11.5 Å². The molecule has 0 saturated heterocycles. The van der Waals surface area contributed by atoms with Crippen LogP contribution < -0.4 is 14.8 Å². The maximum Gasteiger partial charge on any atom is 0.255 e. The first-order valence-corrected chi connectivity index (χ1v) is 11.1. The van der Waals surface area contributed by atoms with Crippen molar-refractivity contribution in [3.05, 3.63) is 81.6 Å². The maximum atomic E-state index is 13.6. The van der Waals surface area contributed by atoms with Gasteiger partial charge in [0.2, 0.25) is 0 Å². The molecule has 2 heterocycles. The summed E-state index contributed by atoms with van der Waals surface area (Å²) in [5.74, 6) is -1.70. The van der Waals surface area contributed by atoms with E-state index < -0.39 is 23.1 Å². The lowest BCUT2D eigenvalue weighted by molar-refractivity contribution is -0.0361. The highest BCUT2D eigenvalue weighted by Gasteiger charge is 2.36. The van der Waals surface area contributed by atoms with Crippen molar-refractivity contribution in [3.8, 4) is 11.5 Å². The molecule has 1 aliphatic heterocycles. The van der Waals surface area contributed by atoms with Crippen molar-refractivity contribution < 1.29 is 27.9 Å². The average Bonchev–Trinajstić information content (AvgIpc) is 3.24. The van der Waals surface area contributed by atoms with Crippen LogP contribution in [0.2, 0.25) is 10.0 Å². The van der Waals surface area contributed by atoms with Crippen LogP contribution in [0, 0.1) is 11.6 Å². The Kier molecular flexibility index (Phi) is 7.09. The fourth-order valence-electron chi connectivity index (χ4n) is 3.37. The zero-order valence-corrected chi connectivity index (χ0v) is 20.1. The Morgan fingerprint density at radius 2 is 1.86 bits per heavy atom. The quantitative estimate of drug-likeness (QED) is 0.419. The zero-order valence-electron chi connectivity index (χ0n) is 18.6. The summed E-state index contributed by atoms with van der Waals surface area (Å²) in [6.45, 7) is 1.80. The molecule has 1 aliphatic rings. The van der Waals surface area contributed by atoms with E-state index in [4.69, 9.17) is 37.5 Å². The first kappa shape index (κ1) is 24.7. The van der Waals surface area contributed by atoms with Crippen LogP contribution in [0.4, 0.5) is 14.5 Å². The monoisotopic (exact) mass is 521 g/mol. The predicted molar refractivity (Wildman–Crippen MR) is 128 cm³/mol. The van der Waals surface area contributed by atoms with Crippen LogP contribution in [0.3, 0.4) is 0 Å². The minimum atomic E-state index is -0.968. The van der Waals surface area contributed by atoms with Gasteiger partial charge in [-0.2, -0.15) is 0 Å². The second-order valence-corrected chi connectivity index (χ2v) is 8.79. The van der Waals surface area contributed by atoms with E-state index in [1.54, 1.807) is 19.1 Å². The molecular formula is C24H19Cl2F2N3O4. The van der Waals surface area contributed by atoms with E-state index in [2.05, 4.69) is 15.5 Å². The van der Waals surface area contributed by atoms with E-state index >= 15 is 0 Å². The molecule has 1 N–H and O–H groups in total. The number of anilines is 1. The van der Waals surface area contributed by atoms with Gasteiger partial charge in [-0.15, -0.1) is 0 Å². The summed E-state index contributed by atoms with van der Waals surface area (Å²) in [4.78, 5) is 22.2. The number of nitrogens with zero attached hydrogens (tertiary/aromatic N) is 2. The molecule has 0 fully saturated rings. The van der Waals surface area contributed by atoms with Gasteiger partial charge < -0.3 is 19.6 Å². The van der Waals surface area contributed by atoms with E-state index in [1.165, 1.54) is 31.6 Å². The van der Waals surface area contributed by atoms with Crippen LogP contribution in [-0.2, 0) is 4.84 Å². The summed E-state index contributed by atoms with van der Waals surface area (Å²) in [5.41, 5.74) is 0.488. The molecule has 11 heteroatoms. The topological polar surface area (TPSA) is 82.0 Å². The molecule has 0 spiro atoms. The predicted octanol–water partition coefficient (Wildman–Crippen LogP) is 5.89. The zero-order chi connectivity index (χ0) is 25.2. The van der Waals surface area contributed by atoms with Crippen LogP contribution in [0.1, 0.15) is 29.3 Å². The minimum absolute atomic E-state index is 0.0348. The van der Waals surface area contributed by atoms with Gasteiger partial charge in [-0.25, -0.2) is 8.78 Å². The van der Waals surface area contributed by atoms with E-state index in [-0.39, 0.29) is 33.7 Å². The molecule has 0 aliphatic carbocycles. The fourth-order valence-corrected chi connectivity index (χ4v) is 3.83. The average molecular weight is 522 g/mol. The van der Waals surface area contributed by atoms with Crippen molar-refractivity contribution in [2.75, 3.05) is 19.0 Å². The van der Waals surface area contributed by atoms with Crippen LogP contribution in [-0.4, -0.2) is 35.9 Å². The summed E-state index contributed by atoms with van der Waals surface area (Å²) in [5, 5.41) is 7.06. The van der Waals surface area contributed by atoms with Gasteiger partial charge in [-0.05, 0) is 43.3 Å². The number of pyridine rings is 1. The molecule has 35 heavy (non-hydrogen) atoms. The molecule has 182 valence electrons. The summed E-state index contributed by atoms with van der Waals surface area (Å²) in [6, 6.07) is 8.18. The molecule has 1 unspecified atom stereocenters. The first-order chi connectivity index (χ1) is 16.7. The van der Waals surface area contributed by atoms with E-state index in [9.17, 15) is 13.6 Å². The van der Waals surface area contributed by atoms with Gasteiger partial charge in [0.15, 0.2) is 28.7 Å². The van der Waals surface area contributed by atoms with Crippen molar-refractivity contribution in [1.29, 1.82) is 0 Å². The molecule has 3 aromatic rings. The number of halogens is 4. The smallest absolute Gasteiger partial charge is 0.255 e. The number of benzene rings is 2. The lowest BCUT2D eigenvalue weighted by atomic mass is 9.96.